The zero-order valence-electron chi connectivity index (χ0n) is 14.6. The van der Waals surface area contributed by atoms with Gasteiger partial charge in [0.05, 0.1) is 18.5 Å². The van der Waals surface area contributed by atoms with E-state index in [9.17, 15) is 9.59 Å². The van der Waals surface area contributed by atoms with Gasteiger partial charge in [0.25, 0.3) is 5.91 Å². The van der Waals surface area contributed by atoms with E-state index >= 15 is 0 Å². The average molecular weight is 352 g/mol. The van der Waals surface area contributed by atoms with Crippen molar-refractivity contribution in [1.29, 1.82) is 0 Å². The van der Waals surface area contributed by atoms with E-state index in [0.29, 0.717) is 11.3 Å². The van der Waals surface area contributed by atoms with E-state index in [0.717, 1.165) is 11.4 Å². The van der Waals surface area contributed by atoms with Gasteiger partial charge in [-0.2, -0.15) is 5.10 Å². The molecule has 0 saturated heterocycles. The normalized spacial score (nSPS) is 11.8. The van der Waals surface area contributed by atoms with Crippen LogP contribution in [0.5, 0.6) is 0 Å². The summed E-state index contributed by atoms with van der Waals surface area (Å²) < 4.78 is 6.94. The Morgan fingerprint density at radius 1 is 1.19 bits per heavy atom. The van der Waals surface area contributed by atoms with Crippen LogP contribution in [0, 0.1) is 6.92 Å². The maximum absolute atomic E-state index is 12.3. The number of aromatic nitrogens is 2. The lowest BCUT2D eigenvalue weighted by Crippen LogP contribution is -2.44. The molecule has 26 heavy (non-hydrogen) atoms. The van der Waals surface area contributed by atoms with Gasteiger partial charge in [0.15, 0.2) is 0 Å². The maximum atomic E-state index is 12.3. The summed E-state index contributed by atoms with van der Waals surface area (Å²) in [4.78, 5) is 24.4. The van der Waals surface area contributed by atoms with E-state index in [1.54, 1.807) is 48.3 Å². The fraction of sp³-hybridized carbons (Fsp3) is 0.211. The number of nitrogens with zero attached hydrogens (tertiary/aromatic N) is 2. The van der Waals surface area contributed by atoms with Crippen LogP contribution in [-0.2, 0) is 11.3 Å². The molecule has 0 radical (unpaired) electrons. The highest BCUT2D eigenvalue weighted by molar-refractivity contribution is 5.97. The van der Waals surface area contributed by atoms with Crippen LogP contribution in [0.15, 0.2) is 59.3 Å². The molecule has 1 atom stereocenters. The number of furan rings is 1. The van der Waals surface area contributed by atoms with Crippen molar-refractivity contribution in [3.63, 3.8) is 0 Å². The highest BCUT2D eigenvalue weighted by atomic mass is 16.3. The Balaban J connectivity index is 1.57. The molecule has 134 valence electrons. The van der Waals surface area contributed by atoms with Gasteiger partial charge in [-0.05, 0) is 56.3 Å². The molecule has 2 amide bonds. The lowest BCUT2D eigenvalue weighted by Gasteiger charge is -2.14. The molecule has 0 spiro atoms. The number of benzene rings is 1. The summed E-state index contributed by atoms with van der Waals surface area (Å²) in [6, 6.07) is 11.8. The third-order valence-corrected chi connectivity index (χ3v) is 3.96. The van der Waals surface area contributed by atoms with E-state index in [2.05, 4.69) is 15.7 Å². The van der Waals surface area contributed by atoms with Gasteiger partial charge in [-0.15, -0.1) is 0 Å². The summed E-state index contributed by atoms with van der Waals surface area (Å²) in [6.07, 6.45) is 3.26. The van der Waals surface area contributed by atoms with Crippen molar-refractivity contribution in [1.82, 2.24) is 20.4 Å². The van der Waals surface area contributed by atoms with E-state index < -0.39 is 6.04 Å². The number of aryl methyl sites for hydroxylation is 1. The highest BCUT2D eigenvalue weighted by Crippen LogP contribution is 2.11. The fourth-order valence-electron chi connectivity index (χ4n) is 2.48. The summed E-state index contributed by atoms with van der Waals surface area (Å²) in [5.41, 5.74) is 2.35. The Labute approximate surface area is 151 Å². The minimum atomic E-state index is -0.662. The number of hydrogen-bond donors (Lipinski definition) is 2. The Morgan fingerprint density at radius 3 is 2.58 bits per heavy atom. The lowest BCUT2D eigenvalue weighted by molar-refractivity contribution is -0.122. The van der Waals surface area contributed by atoms with Gasteiger partial charge in [-0.25, -0.2) is 4.68 Å². The van der Waals surface area contributed by atoms with Gasteiger partial charge in [0.1, 0.15) is 11.8 Å². The summed E-state index contributed by atoms with van der Waals surface area (Å²) in [7, 11) is 0. The van der Waals surface area contributed by atoms with Crippen LogP contribution in [0.4, 0.5) is 0 Å². The van der Waals surface area contributed by atoms with E-state index in [-0.39, 0.29) is 18.4 Å². The molecular formula is C19H20N4O3. The van der Waals surface area contributed by atoms with Gasteiger partial charge in [-0.1, -0.05) is 0 Å². The molecule has 7 heteroatoms. The monoisotopic (exact) mass is 352 g/mol. The first-order valence-electron chi connectivity index (χ1n) is 8.26. The highest BCUT2D eigenvalue weighted by Gasteiger charge is 2.16. The van der Waals surface area contributed by atoms with Crippen LogP contribution in [0.25, 0.3) is 5.69 Å². The molecule has 3 aromatic rings. The van der Waals surface area contributed by atoms with E-state index in [4.69, 9.17) is 4.42 Å². The van der Waals surface area contributed by atoms with Crippen molar-refractivity contribution in [3.8, 4) is 5.69 Å². The first-order valence-corrected chi connectivity index (χ1v) is 8.26. The fourth-order valence-corrected chi connectivity index (χ4v) is 2.48. The van der Waals surface area contributed by atoms with Crippen LogP contribution >= 0.6 is 0 Å². The van der Waals surface area contributed by atoms with Gasteiger partial charge in [0, 0.05) is 17.5 Å². The number of nitrogens with one attached hydrogen (secondary N) is 2. The molecule has 2 N–H and O–H groups in total. The lowest BCUT2D eigenvalue weighted by atomic mass is 10.1. The standard InChI is InChI=1S/C19H20N4O3/c1-13-9-10-21-23(13)16-7-5-15(6-8-16)19(25)22-14(2)18(24)20-12-17-4-3-11-26-17/h3-11,14H,12H2,1-2H3,(H,20,24)(H,22,25). The molecule has 0 fully saturated rings. The largest absolute Gasteiger partial charge is 0.467 e. The molecule has 0 saturated carbocycles. The molecule has 0 aliphatic rings. The predicted molar refractivity (Wildman–Crippen MR) is 95.8 cm³/mol. The van der Waals surface area contributed by atoms with E-state index in [1.165, 1.54) is 0 Å². The van der Waals surface area contributed by atoms with Crippen molar-refractivity contribution in [3.05, 3.63) is 71.9 Å². The first kappa shape index (κ1) is 17.5. The van der Waals surface area contributed by atoms with Gasteiger partial charge >= 0.3 is 0 Å². The van der Waals surface area contributed by atoms with Crippen molar-refractivity contribution in [2.75, 3.05) is 0 Å². The summed E-state index contributed by atoms with van der Waals surface area (Å²) in [5.74, 6) is 0.0642. The summed E-state index contributed by atoms with van der Waals surface area (Å²) in [5, 5.41) is 9.63. The Bertz CT molecular complexity index is 882. The van der Waals surface area contributed by atoms with E-state index in [1.807, 2.05) is 25.1 Å². The predicted octanol–water partition coefficient (Wildman–Crippen LogP) is 2.21. The molecule has 3 rings (SSSR count). The van der Waals surface area contributed by atoms with Crippen molar-refractivity contribution in [2.24, 2.45) is 0 Å². The zero-order valence-corrected chi connectivity index (χ0v) is 14.6. The molecule has 1 aromatic carbocycles. The van der Waals surface area contributed by atoms with Gasteiger partial charge in [0.2, 0.25) is 5.91 Å². The maximum Gasteiger partial charge on any atom is 0.251 e. The topological polar surface area (TPSA) is 89.2 Å². The third kappa shape index (κ3) is 4.00. The smallest absolute Gasteiger partial charge is 0.251 e. The molecule has 7 nitrogen and oxygen atoms in total. The zero-order chi connectivity index (χ0) is 18.5. The first-order chi connectivity index (χ1) is 12.5. The Hall–Kier alpha value is -3.35. The molecule has 1 unspecified atom stereocenters. The second kappa shape index (κ2) is 7.69. The van der Waals surface area contributed by atoms with Crippen LogP contribution in [0.3, 0.4) is 0 Å². The van der Waals surface area contributed by atoms with Crippen molar-refractivity contribution in [2.45, 2.75) is 26.4 Å². The van der Waals surface area contributed by atoms with Gasteiger partial charge < -0.3 is 15.1 Å². The molecular weight excluding hydrogens is 332 g/mol. The summed E-state index contributed by atoms with van der Waals surface area (Å²) in [6.45, 7) is 3.87. The van der Waals surface area contributed by atoms with Crippen molar-refractivity contribution >= 4 is 11.8 Å². The van der Waals surface area contributed by atoms with Crippen LogP contribution in [0.1, 0.15) is 28.7 Å². The van der Waals surface area contributed by atoms with Crippen LogP contribution in [-0.4, -0.2) is 27.6 Å². The SMILES string of the molecule is Cc1ccnn1-c1ccc(C(=O)NC(C)C(=O)NCc2ccco2)cc1. The molecule has 2 heterocycles. The van der Waals surface area contributed by atoms with Crippen molar-refractivity contribution < 1.29 is 14.0 Å². The molecule has 0 aliphatic carbocycles. The second-order valence-electron chi connectivity index (χ2n) is 5.92. The summed E-state index contributed by atoms with van der Waals surface area (Å²) >= 11 is 0. The molecule has 2 aromatic heterocycles. The number of hydrogen-bond acceptors (Lipinski definition) is 4. The molecule has 0 bridgehead atoms. The third-order valence-electron chi connectivity index (χ3n) is 3.96. The quantitative estimate of drug-likeness (QED) is 0.712. The van der Waals surface area contributed by atoms with Crippen LogP contribution < -0.4 is 10.6 Å². The van der Waals surface area contributed by atoms with Crippen LogP contribution in [0.2, 0.25) is 0 Å². The molecule has 0 aliphatic heterocycles. The Morgan fingerprint density at radius 2 is 1.96 bits per heavy atom. The number of carbonyl (C=O) groups excluding carboxylic acids is 2. The number of amides is 2. The minimum absolute atomic E-state index is 0.279. The number of rotatable bonds is 6. The minimum Gasteiger partial charge on any atom is -0.467 e. The second-order valence-corrected chi connectivity index (χ2v) is 5.92. The average Bonchev–Trinajstić information content (AvgIpc) is 3.31. The number of carbonyl (C=O) groups is 2. The Kier molecular flexibility index (Phi) is 5.17. The van der Waals surface area contributed by atoms with Gasteiger partial charge in [-0.3, -0.25) is 9.59 Å².